The van der Waals surface area contributed by atoms with Crippen LogP contribution in [0.4, 0.5) is 0 Å². The Bertz CT molecular complexity index is 1040. The van der Waals surface area contributed by atoms with Gasteiger partial charge in [0.2, 0.25) is 10.0 Å². The molecule has 1 fully saturated rings. The summed E-state index contributed by atoms with van der Waals surface area (Å²) >= 11 is 0. The minimum Gasteiger partial charge on any atom is -0.497 e. The molecule has 0 spiro atoms. The highest BCUT2D eigenvalue weighted by atomic mass is 32.2. The number of hydrogen-bond acceptors (Lipinski definition) is 8. The van der Waals surface area contributed by atoms with Crippen LogP contribution in [0.25, 0.3) is 0 Å². The highest BCUT2D eigenvalue weighted by Crippen LogP contribution is 2.24. The number of aromatic nitrogens is 1. The first-order chi connectivity index (χ1) is 15.2. The SMILES string of the molecule is COc1ccc(CCC(=O)OCC(=O)N2CCN(S(=O)(=O)c3c(C)noc3C)CC2)cc1. The summed E-state index contributed by atoms with van der Waals surface area (Å²) in [4.78, 5) is 25.9. The normalized spacial score (nSPS) is 14.9. The van der Waals surface area contributed by atoms with Crippen LogP contribution in [-0.2, 0) is 30.8 Å². The molecular formula is C21H27N3O7S. The van der Waals surface area contributed by atoms with Gasteiger partial charge in [0.15, 0.2) is 12.4 Å². The Morgan fingerprint density at radius 3 is 2.31 bits per heavy atom. The van der Waals surface area contributed by atoms with Crippen molar-refractivity contribution in [2.45, 2.75) is 31.6 Å². The van der Waals surface area contributed by atoms with E-state index in [1.54, 1.807) is 21.0 Å². The molecule has 0 saturated carbocycles. The molecule has 2 heterocycles. The maximum atomic E-state index is 12.9. The Kier molecular flexibility index (Phi) is 7.52. The lowest BCUT2D eigenvalue weighted by Gasteiger charge is -2.33. The average molecular weight is 466 g/mol. The molecule has 1 amide bonds. The van der Waals surface area contributed by atoms with E-state index in [0.717, 1.165) is 11.3 Å². The molecule has 1 aliphatic rings. The molecule has 174 valence electrons. The van der Waals surface area contributed by atoms with Crippen molar-refractivity contribution in [3.8, 4) is 5.75 Å². The average Bonchev–Trinajstić information content (AvgIpc) is 3.15. The van der Waals surface area contributed by atoms with Crippen LogP contribution < -0.4 is 4.74 Å². The molecule has 2 aromatic rings. The Hall–Kier alpha value is -2.92. The molecule has 0 radical (unpaired) electrons. The number of rotatable bonds is 8. The lowest BCUT2D eigenvalue weighted by molar-refractivity contribution is -0.152. The molecule has 11 heteroatoms. The van der Waals surface area contributed by atoms with Gasteiger partial charge in [-0.1, -0.05) is 17.3 Å². The summed E-state index contributed by atoms with van der Waals surface area (Å²) in [6, 6.07) is 7.37. The molecule has 0 atom stereocenters. The second-order valence-electron chi connectivity index (χ2n) is 7.45. The molecule has 0 aliphatic carbocycles. The molecule has 10 nitrogen and oxygen atoms in total. The summed E-state index contributed by atoms with van der Waals surface area (Å²) in [6.07, 6.45) is 0.651. The first-order valence-corrected chi connectivity index (χ1v) is 11.7. The monoisotopic (exact) mass is 465 g/mol. The molecule has 1 aromatic heterocycles. The van der Waals surface area contributed by atoms with Gasteiger partial charge in [-0.3, -0.25) is 9.59 Å². The van der Waals surface area contributed by atoms with Crippen LogP contribution >= 0.6 is 0 Å². The number of aryl methyl sites for hydroxylation is 3. The lowest BCUT2D eigenvalue weighted by Crippen LogP contribution is -2.51. The predicted octanol–water partition coefficient (Wildman–Crippen LogP) is 1.31. The van der Waals surface area contributed by atoms with Crippen LogP contribution in [0.15, 0.2) is 33.7 Å². The van der Waals surface area contributed by atoms with Gasteiger partial charge in [0, 0.05) is 32.6 Å². The molecule has 1 saturated heterocycles. The minimum atomic E-state index is -3.75. The zero-order valence-electron chi connectivity index (χ0n) is 18.4. The summed E-state index contributed by atoms with van der Waals surface area (Å²) in [6.45, 7) is 3.47. The van der Waals surface area contributed by atoms with Crippen LogP contribution in [0.3, 0.4) is 0 Å². The number of sulfonamides is 1. The molecule has 0 unspecified atom stereocenters. The summed E-state index contributed by atoms with van der Waals surface area (Å²) in [5, 5.41) is 3.70. The third-order valence-corrected chi connectivity index (χ3v) is 7.43. The maximum Gasteiger partial charge on any atom is 0.306 e. The number of carbonyl (C=O) groups is 2. The van der Waals surface area contributed by atoms with E-state index in [-0.39, 0.29) is 55.8 Å². The summed E-state index contributed by atoms with van der Waals surface area (Å²) in [7, 11) is -2.16. The number of hydrogen-bond donors (Lipinski definition) is 0. The van der Waals surface area contributed by atoms with E-state index in [0.29, 0.717) is 12.1 Å². The van der Waals surface area contributed by atoms with E-state index in [4.69, 9.17) is 14.0 Å². The molecule has 0 N–H and O–H groups in total. The number of carbonyl (C=O) groups excluding carboxylic acids is 2. The lowest BCUT2D eigenvalue weighted by atomic mass is 10.1. The van der Waals surface area contributed by atoms with Crippen LogP contribution in [0, 0.1) is 13.8 Å². The molecule has 32 heavy (non-hydrogen) atoms. The highest BCUT2D eigenvalue weighted by molar-refractivity contribution is 7.89. The van der Waals surface area contributed by atoms with E-state index in [9.17, 15) is 18.0 Å². The predicted molar refractivity (Wildman–Crippen MR) is 114 cm³/mol. The smallest absolute Gasteiger partial charge is 0.306 e. The third-order valence-electron chi connectivity index (χ3n) is 5.29. The van der Waals surface area contributed by atoms with Crippen LogP contribution in [0.1, 0.15) is 23.4 Å². The fourth-order valence-corrected chi connectivity index (χ4v) is 5.21. The van der Waals surface area contributed by atoms with Crippen LogP contribution in [0.2, 0.25) is 0 Å². The van der Waals surface area contributed by atoms with Gasteiger partial charge >= 0.3 is 5.97 Å². The Balaban J connectivity index is 1.43. The first-order valence-electron chi connectivity index (χ1n) is 10.2. The van der Waals surface area contributed by atoms with Crippen molar-refractivity contribution in [1.29, 1.82) is 0 Å². The first kappa shape index (κ1) is 23.7. The Morgan fingerprint density at radius 1 is 1.09 bits per heavy atom. The van der Waals surface area contributed by atoms with Gasteiger partial charge in [0.1, 0.15) is 16.3 Å². The zero-order chi connectivity index (χ0) is 23.3. The van der Waals surface area contributed by atoms with Gasteiger partial charge in [-0.15, -0.1) is 0 Å². The zero-order valence-corrected chi connectivity index (χ0v) is 19.2. The van der Waals surface area contributed by atoms with Crippen molar-refractivity contribution in [1.82, 2.24) is 14.4 Å². The van der Waals surface area contributed by atoms with E-state index in [1.165, 1.54) is 9.21 Å². The van der Waals surface area contributed by atoms with Gasteiger partial charge in [0.05, 0.1) is 7.11 Å². The quantitative estimate of drug-likeness (QED) is 0.535. The van der Waals surface area contributed by atoms with E-state index < -0.39 is 16.0 Å². The number of benzene rings is 1. The topological polar surface area (TPSA) is 119 Å². The molecule has 0 bridgehead atoms. The fraction of sp³-hybridized carbons (Fsp3) is 0.476. The van der Waals surface area contributed by atoms with Gasteiger partial charge < -0.3 is 18.9 Å². The van der Waals surface area contributed by atoms with E-state index in [1.807, 2.05) is 24.3 Å². The van der Waals surface area contributed by atoms with Gasteiger partial charge in [-0.2, -0.15) is 4.31 Å². The number of amides is 1. The Morgan fingerprint density at radius 2 is 1.75 bits per heavy atom. The van der Waals surface area contributed by atoms with Crippen molar-refractivity contribution >= 4 is 21.9 Å². The van der Waals surface area contributed by atoms with Crippen molar-refractivity contribution in [3.63, 3.8) is 0 Å². The van der Waals surface area contributed by atoms with Gasteiger partial charge in [-0.25, -0.2) is 8.42 Å². The third kappa shape index (κ3) is 5.46. The van der Waals surface area contributed by atoms with Crippen molar-refractivity contribution in [3.05, 3.63) is 41.3 Å². The molecule has 1 aliphatic heterocycles. The number of nitrogens with zero attached hydrogens (tertiary/aromatic N) is 3. The standard InChI is InChI=1S/C21H27N3O7S/c1-15-21(16(2)31-22-15)32(27,28)24-12-10-23(11-13-24)19(25)14-30-20(26)9-6-17-4-7-18(29-3)8-5-17/h4-5,7-8H,6,9-14H2,1-3H3. The number of ether oxygens (including phenoxy) is 2. The molecular weight excluding hydrogens is 438 g/mol. The van der Waals surface area contributed by atoms with Crippen molar-refractivity contribution < 1.29 is 32.0 Å². The largest absolute Gasteiger partial charge is 0.497 e. The molecule has 3 rings (SSSR count). The van der Waals surface area contributed by atoms with Crippen molar-refractivity contribution in [2.24, 2.45) is 0 Å². The van der Waals surface area contributed by atoms with Crippen LogP contribution in [-0.4, -0.2) is 74.6 Å². The van der Waals surface area contributed by atoms with E-state index >= 15 is 0 Å². The van der Waals surface area contributed by atoms with Crippen molar-refractivity contribution in [2.75, 3.05) is 39.9 Å². The van der Waals surface area contributed by atoms with Gasteiger partial charge in [-0.05, 0) is 38.0 Å². The highest BCUT2D eigenvalue weighted by Gasteiger charge is 2.34. The minimum absolute atomic E-state index is 0.0723. The number of esters is 1. The van der Waals surface area contributed by atoms with E-state index in [2.05, 4.69) is 5.16 Å². The van der Waals surface area contributed by atoms with Crippen LogP contribution in [0.5, 0.6) is 5.75 Å². The number of methoxy groups -OCH3 is 1. The molecule has 1 aromatic carbocycles. The summed E-state index contributed by atoms with van der Waals surface area (Å²) in [5.74, 6) is 0.162. The summed E-state index contributed by atoms with van der Waals surface area (Å²) in [5.41, 5.74) is 1.27. The second kappa shape index (κ2) is 10.1. The van der Waals surface area contributed by atoms with Gasteiger partial charge in [0.25, 0.3) is 5.91 Å². The second-order valence-corrected chi connectivity index (χ2v) is 9.32. The summed E-state index contributed by atoms with van der Waals surface area (Å²) < 4.78 is 42.2. The maximum absolute atomic E-state index is 12.9. The fourth-order valence-electron chi connectivity index (χ4n) is 3.49. The number of piperazine rings is 1. The Labute approximate surface area is 187 Å².